The largest absolute Gasteiger partial charge is 0.485 e. The Balaban J connectivity index is 1.38. The Bertz CT molecular complexity index is 1350. The van der Waals surface area contributed by atoms with Crippen LogP contribution in [0.2, 0.25) is 0 Å². The van der Waals surface area contributed by atoms with Gasteiger partial charge in [-0.2, -0.15) is 0 Å². The molecule has 2 aromatic carbocycles. The van der Waals surface area contributed by atoms with Gasteiger partial charge in [-0.15, -0.1) is 0 Å². The minimum atomic E-state index is -0.693. The van der Waals surface area contributed by atoms with Crippen molar-refractivity contribution in [2.24, 2.45) is 5.73 Å². The maximum Gasteiger partial charge on any atom is 0.270 e. The van der Waals surface area contributed by atoms with E-state index in [4.69, 9.17) is 15.2 Å². The van der Waals surface area contributed by atoms with Gasteiger partial charge in [0, 0.05) is 24.9 Å². The van der Waals surface area contributed by atoms with Gasteiger partial charge in [0.05, 0.1) is 17.9 Å². The number of aryl methyl sites for hydroxylation is 1. The first-order valence-corrected chi connectivity index (χ1v) is 12.0. The third kappa shape index (κ3) is 6.49. The Morgan fingerprint density at radius 1 is 1.05 bits per heavy atom. The molecule has 9 heteroatoms. The van der Waals surface area contributed by atoms with Gasteiger partial charge >= 0.3 is 0 Å². The predicted octanol–water partition coefficient (Wildman–Crippen LogP) is 4.55. The van der Waals surface area contributed by atoms with E-state index in [1.807, 2.05) is 37.3 Å². The van der Waals surface area contributed by atoms with E-state index < -0.39 is 17.2 Å². The van der Waals surface area contributed by atoms with Crippen LogP contribution in [0.15, 0.2) is 66.9 Å². The van der Waals surface area contributed by atoms with Crippen molar-refractivity contribution in [1.29, 1.82) is 0 Å². The van der Waals surface area contributed by atoms with Crippen LogP contribution in [-0.2, 0) is 18.0 Å². The summed E-state index contributed by atoms with van der Waals surface area (Å²) in [6.45, 7) is 4.43. The molecule has 0 fully saturated rings. The minimum absolute atomic E-state index is 0.180. The van der Waals surface area contributed by atoms with Crippen LogP contribution in [0, 0.1) is 18.6 Å². The second-order valence-corrected chi connectivity index (χ2v) is 9.23. The number of amides is 1. The molecule has 194 valence electrons. The van der Waals surface area contributed by atoms with Crippen LogP contribution in [0.3, 0.4) is 0 Å². The van der Waals surface area contributed by atoms with E-state index in [2.05, 4.69) is 10.3 Å². The van der Waals surface area contributed by atoms with E-state index in [-0.39, 0.29) is 24.6 Å². The summed E-state index contributed by atoms with van der Waals surface area (Å²) in [6, 6.07) is 16.8. The highest BCUT2D eigenvalue weighted by Crippen LogP contribution is 2.24. The van der Waals surface area contributed by atoms with E-state index in [0.29, 0.717) is 42.4 Å². The number of pyridine rings is 1. The number of fused-ring (bicyclic) bond motifs is 1. The van der Waals surface area contributed by atoms with Crippen molar-refractivity contribution < 1.29 is 23.0 Å². The molecular formula is C28H30F2N4O3. The maximum absolute atomic E-state index is 14.0. The Morgan fingerprint density at radius 2 is 1.78 bits per heavy atom. The molecule has 0 saturated carbocycles. The van der Waals surface area contributed by atoms with E-state index in [9.17, 15) is 13.6 Å². The second-order valence-electron chi connectivity index (χ2n) is 9.23. The molecule has 3 N–H and O–H groups in total. The zero-order chi connectivity index (χ0) is 26.4. The standard InChI is InChI=1S/C28H30F2N4O3/c1-19-25(27(35)32-18-28(2,31)13-15-36-16-20-8-4-3-5-9-20)34-14-7-12-24(26(34)33-19)37-17-21-22(29)10-6-11-23(21)30/h3-12,14H,13,15-18,31H2,1-2H3,(H,32,35). The molecule has 37 heavy (non-hydrogen) atoms. The molecule has 4 rings (SSSR count). The van der Waals surface area contributed by atoms with Crippen molar-refractivity contribution in [3.8, 4) is 5.75 Å². The van der Waals surface area contributed by atoms with Crippen LogP contribution in [0.1, 0.15) is 40.7 Å². The molecule has 1 unspecified atom stereocenters. The third-order valence-electron chi connectivity index (χ3n) is 6.02. The Hall–Kier alpha value is -3.82. The third-order valence-corrected chi connectivity index (χ3v) is 6.02. The molecule has 0 bridgehead atoms. The van der Waals surface area contributed by atoms with Crippen LogP contribution in [0.5, 0.6) is 5.75 Å². The minimum Gasteiger partial charge on any atom is -0.485 e. The van der Waals surface area contributed by atoms with E-state index in [1.165, 1.54) is 18.2 Å². The van der Waals surface area contributed by atoms with E-state index >= 15 is 0 Å². The highest BCUT2D eigenvalue weighted by atomic mass is 19.1. The predicted molar refractivity (Wildman–Crippen MR) is 136 cm³/mol. The molecule has 4 aromatic rings. The fourth-order valence-corrected chi connectivity index (χ4v) is 3.89. The lowest BCUT2D eigenvalue weighted by Crippen LogP contribution is -2.48. The van der Waals surface area contributed by atoms with Crippen molar-refractivity contribution in [2.45, 2.75) is 39.0 Å². The zero-order valence-corrected chi connectivity index (χ0v) is 20.8. The molecule has 0 aliphatic carbocycles. The normalized spacial score (nSPS) is 12.9. The van der Waals surface area contributed by atoms with Crippen LogP contribution in [0.25, 0.3) is 5.65 Å². The van der Waals surface area contributed by atoms with Crippen molar-refractivity contribution in [1.82, 2.24) is 14.7 Å². The Morgan fingerprint density at radius 3 is 2.51 bits per heavy atom. The quantitative estimate of drug-likeness (QED) is 0.290. The average molecular weight is 509 g/mol. The zero-order valence-electron chi connectivity index (χ0n) is 20.8. The number of nitrogens with one attached hydrogen (secondary N) is 1. The van der Waals surface area contributed by atoms with Crippen molar-refractivity contribution in [3.05, 3.63) is 101 Å². The average Bonchev–Trinajstić information content (AvgIpc) is 3.22. The Kier molecular flexibility index (Phi) is 8.15. The number of nitrogens with zero attached hydrogens (tertiary/aromatic N) is 2. The topological polar surface area (TPSA) is 90.9 Å². The number of hydrogen-bond donors (Lipinski definition) is 2. The molecule has 2 aromatic heterocycles. The Labute approximate surface area is 214 Å². The molecule has 2 heterocycles. The number of benzene rings is 2. The molecule has 0 aliphatic rings. The lowest BCUT2D eigenvalue weighted by atomic mass is 10.00. The molecule has 7 nitrogen and oxygen atoms in total. The summed E-state index contributed by atoms with van der Waals surface area (Å²) in [5.74, 6) is -1.43. The first kappa shape index (κ1) is 26.2. The monoisotopic (exact) mass is 508 g/mol. The molecule has 1 atom stereocenters. The number of rotatable bonds is 11. The first-order chi connectivity index (χ1) is 17.7. The highest BCUT2D eigenvalue weighted by Gasteiger charge is 2.23. The maximum atomic E-state index is 14.0. The number of hydrogen-bond acceptors (Lipinski definition) is 5. The number of nitrogens with two attached hydrogens (primary N) is 1. The van der Waals surface area contributed by atoms with Gasteiger partial charge in [0.15, 0.2) is 11.4 Å². The highest BCUT2D eigenvalue weighted by molar-refractivity contribution is 5.95. The fraction of sp³-hybridized carbons (Fsp3) is 0.286. The second kappa shape index (κ2) is 11.5. The van der Waals surface area contributed by atoms with Gasteiger partial charge in [-0.05, 0) is 50.1 Å². The number of aromatic nitrogens is 2. The van der Waals surface area contributed by atoms with E-state index in [0.717, 1.165) is 5.56 Å². The van der Waals surface area contributed by atoms with Gasteiger partial charge in [-0.1, -0.05) is 36.4 Å². The smallest absolute Gasteiger partial charge is 0.270 e. The number of carbonyl (C=O) groups is 1. The van der Waals surface area contributed by atoms with Crippen LogP contribution in [0.4, 0.5) is 8.78 Å². The SMILES string of the molecule is Cc1nc2c(OCc3c(F)cccc3F)cccn2c1C(=O)NCC(C)(N)CCOCc1ccccc1. The number of imidazole rings is 1. The molecule has 0 radical (unpaired) electrons. The molecule has 0 aliphatic heterocycles. The number of ether oxygens (including phenoxy) is 2. The van der Waals surface area contributed by atoms with Crippen LogP contribution < -0.4 is 15.8 Å². The van der Waals surface area contributed by atoms with Gasteiger partial charge in [-0.25, -0.2) is 13.8 Å². The summed E-state index contributed by atoms with van der Waals surface area (Å²) in [4.78, 5) is 17.5. The van der Waals surface area contributed by atoms with Gasteiger partial charge in [0.25, 0.3) is 5.91 Å². The van der Waals surface area contributed by atoms with Gasteiger partial charge in [0.2, 0.25) is 0 Å². The molecule has 0 spiro atoms. The summed E-state index contributed by atoms with van der Waals surface area (Å²) < 4.78 is 41.0. The van der Waals surface area contributed by atoms with Crippen molar-refractivity contribution >= 4 is 11.6 Å². The van der Waals surface area contributed by atoms with E-state index in [1.54, 1.807) is 29.7 Å². The fourth-order valence-electron chi connectivity index (χ4n) is 3.89. The van der Waals surface area contributed by atoms with Gasteiger partial charge in [-0.3, -0.25) is 9.20 Å². The lowest BCUT2D eigenvalue weighted by Gasteiger charge is -2.25. The lowest BCUT2D eigenvalue weighted by molar-refractivity contribution is 0.0903. The van der Waals surface area contributed by atoms with Gasteiger partial charge < -0.3 is 20.5 Å². The van der Waals surface area contributed by atoms with Gasteiger partial charge in [0.1, 0.15) is 23.9 Å². The number of carbonyl (C=O) groups excluding carboxylic acids is 1. The van der Waals surface area contributed by atoms with Crippen LogP contribution in [-0.4, -0.2) is 34.0 Å². The summed E-state index contributed by atoms with van der Waals surface area (Å²) in [6.07, 6.45) is 2.23. The summed E-state index contributed by atoms with van der Waals surface area (Å²) in [5.41, 5.74) is 7.79. The molecular weight excluding hydrogens is 478 g/mol. The first-order valence-electron chi connectivity index (χ1n) is 12.0. The van der Waals surface area contributed by atoms with Crippen molar-refractivity contribution in [3.63, 3.8) is 0 Å². The molecule has 1 amide bonds. The number of halogens is 2. The molecule has 0 saturated heterocycles. The summed E-state index contributed by atoms with van der Waals surface area (Å²) in [5, 5.41) is 2.89. The van der Waals surface area contributed by atoms with Crippen LogP contribution >= 0.6 is 0 Å². The van der Waals surface area contributed by atoms with Crippen molar-refractivity contribution in [2.75, 3.05) is 13.2 Å². The summed E-state index contributed by atoms with van der Waals surface area (Å²) >= 11 is 0. The summed E-state index contributed by atoms with van der Waals surface area (Å²) in [7, 11) is 0.